The molecular formula is C23H29NO5S. The van der Waals surface area contributed by atoms with Gasteiger partial charge in [-0.2, -0.15) is 4.57 Å². The van der Waals surface area contributed by atoms with Crippen molar-refractivity contribution < 1.29 is 26.7 Å². The van der Waals surface area contributed by atoms with Crippen molar-refractivity contribution in [3.63, 3.8) is 0 Å². The molecule has 0 bridgehead atoms. The number of benzene rings is 2. The number of aromatic nitrogens is 1. The summed E-state index contributed by atoms with van der Waals surface area (Å²) in [5.74, 6) is 1.71. The number of fused-ring (bicyclic) bond motifs is 1. The van der Waals surface area contributed by atoms with Gasteiger partial charge in [0.05, 0.1) is 17.6 Å². The Kier molecular flexibility index (Phi) is 7.81. The lowest BCUT2D eigenvalue weighted by Crippen LogP contribution is -2.33. The van der Waals surface area contributed by atoms with Crippen molar-refractivity contribution in [3.8, 4) is 0 Å². The van der Waals surface area contributed by atoms with E-state index < -0.39 is 10.1 Å². The van der Waals surface area contributed by atoms with Crippen molar-refractivity contribution in [2.45, 2.75) is 53.0 Å². The van der Waals surface area contributed by atoms with Crippen LogP contribution in [0.4, 0.5) is 0 Å². The van der Waals surface area contributed by atoms with Gasteiger partial charge in [0, 0.05) is 6.07 Å². The third kappa shape index (κ3) is 5.93. The predicted molar refractivity (Wildman–Crippen MR) is 116 cm³/mol. The first-order valence-electron chi connectivity index (χ1n) is 9.84. The molecule has 3 aromatic rings. The molecule has 1 aromatic heterocycles. The summed E-state index contributed by atoms with van der Waals surface area (Å²) in [5, 5.41) is 0. The summed E-state index contributed by atoms with van der Waals surface area (Å²) < 4.78 is 44.8. The van der Waals surface area contributed by atoms with Crippen LogP contribution in [-0.2, 0) is 21.4 Å². The van der Waals surface area contributed by atoms with E-state index >= 15 is 0 Å². The van der Waals surface area contributed by atoms with Gasteiger partial charge in [0.15, 0.2) is 0 Å². The first-order valence-corrected chi connectivity index (χ1v) is 11.2. The van der Waals surface area contributed by atoms with Gasteiger partial charge >= 0.3 is 5.89 Å². The van der Waals surface area contributed by atoms with E-state index in [1.807, 2.05) is 26.8 Å². The molecule has 0 radical (unpaired) electrons. The Morgan fingerprint density at radius 3 is 2.23 bits per heavy atom. The van der Waals surface area contributed by atoms with Crippen LogP contribution in [0.25, 0.3) is 17.2 Å². The van der Waals surface area contributed by atoms with Crippen LogP contribution in [0.3, 0.4) is 0 Å². The molecule has 2 aromatic carbocycles. The highest BCUT2D eigenvalue weighted by atomic mass is 32.2. The molecule has 0 saturated carbocycles. The van der Waals surface area contributed by atoms with E-state index in [9.17, 15) is 13.0 Å². The van der Waals surface area contributed by atoms with Crippen molar-refractivity contribution >= 4 is 27.3 Å². The van der Waals surface area contributed by atoms with Crippen molar-refractivity contribution in [1.29, 1.82) is 0 Å². The minimum atomic E-state index is -4.27. The zero-order valence-corrected chi connectivity index (χ0v) is 19.2. The van der Waals surface area contributed by atoms with Crippen LogP contribution in [0.2, 0.25) is 0 Å². The predicted octanol–water partition coefficient (Wildman–Crippen LogP) is 4.65. The molecule has 0 spiro atoms. The highest BCUT2D eigenvalue weighted by Crippen LogP contribution is 2.20. The third-order valence-corrected chi connectivity index (χ3v) is 5.52. The Hall–Kier alpha value is -2.64. The van der Waals surface area contributed by atoms with E-state index in [0.717, 1.165) is 34.9 Å². The summed E-state index contributed by atoms with van der Waals surface area (Å²) in [6.07, 6.45) is 1.96. The van der Waals surface area contributed by atoms with Gasteiger partial charge in [0.1, 0.15) is 22.4 Å². The van der Waals surface area contributed by atoms with Gasteiger partial charge in [0.2, 0.25) is 5.58 Å². The lowest BCUT2D eigenvalue weighted by Gasteiger charge is -2.05. The minimum Gasteiger partial charge on any atom is -0.744 e. The van der Waals surface area contributed by atoms with Crippen molar-refractivity contribution in [2.24, 2.45) is 0 Å². The summed E-state index contributed by atoms with van der Waals surface area (Å²) in [7, 11) is -4.27. The third-order valence-electron chi connectivity index (χ3n) is 4.67. The molecule has 3 rings (SSSR count). The number of aryl methyl sites for hydroxylation is 4. The fraction of sp³-hybridized carbons (Fsp3) is 0.348. The topological polar surface area (TPSA) is 83.5 Å². The van der Waals surface area contributed by atoms with Crippen molar-refractivity contribution in [2.75, 3.05) is 6.61 Å². The van der Waals surface area contributed by atoms with Crippen LogP contribution >= 0.6 is 0 Å². The van der Waals surface area contributed by atoms with Gasteiger partial charge in [-0.1, -0.05) is 17.7 Å². The summed E-state index contributed by atoms with van der Waals surface area (Å²) in [6.45, 7) is 13.7. The molecule has 1 heterocycles. The minimum absolute atomic E-state index is 0.178. The fourth-order valence-electron chi connectivity index (χ4n) is 2.94. The van der Waals surface area contributed by atoms with Crippen molar-refractivity contribution in [1.82, 2.24) is 0 Å². The molecule has 0 atom stereocenters. The van der Waals surface area contributed by atoms with Gasteiger partial charge in [-0.05, 0) is 70.9 Å². The van der Waals surface area contributed by atoms with E-state index in [0.29, 0.717) is 6.61 Å². The molecule has 0 N–H and O–H groups in total. The first-order chi connectivity index (χ1) is 14.1. The summed E-state index contributed by atoms with van der Waals surface area (Å²) in [6, 6.07) is 10.1. The maximum atomic E-state index is 10.4. The van der Waals surface area contributed by atoms with Gasteiger partial charge in [-0.15, -0.1) is 0 Å². The fourth-order valence-corrected chi connectivity index (χ4v) is 3.40. The van der Waals surface area contributed by atoms with E-state index in [2.05, 4.69) is 37.5 Å². The monoisotopic (exact) mass is 431 g/mol. The SMILES string of the molecule is CCOC(C)=Cc1oc2cc(C)c(C)cc2[n+]1CC.Cc1ccc(S(=O)(=O)[O-])cc1. The van der Waals surface area contributed by atoms with Crippen LogP contribution in [0.1, 0.15) is 43.4 Å². The smallest absolute Gasteiger partial charge is 0.377 e. The molecule has 0 unspecified atom stereocenters. The van der Waals surface area contributed by atoms with Crippen LogP contribution in [0, 0.1) is 20.8 Å². The van der Waals surface area contributed by atoms with Gasteiger partial charge in [0.25, 0.3) is 5.52 Å². The second kappa shape index (κ2) is 9.91. The molecule has 7 heteroatoms. The van der Waals surface area contributed by atoms with Gasteiger partial charge in [-0.25, -0.2) is 8.42 Å². The molecule has 6 nitrogen and oxygen atoms in total. The molecule has 0 aliphatic carbocycles. The second-order valence-corrected chi connectivity index (χ2v) is 8.42. The number of ether oxygens (including phenoxy) is 1. The molecule has 0 fully saturated rings. The number of nitrogens with zero attached hydrogens (tertiary/aromatic N) is 1. The summed E-state index contributed by atoms with van der Waals surface area (Å²) in [4.78, 5) is -0.178. The summed E-state index contributed by atoms with van der Waals surface area (Å²) >= 11 is 0. The van der Waals surface area contributed by atoms with Gasteiger partial charge in [-0.3, -0.25) is 0 Å². The number of rotatable bonds is 5. The normalized spacial score (nSPS) is 11.9. The first kappa shape index (κ1) is 23.6. The lowest BCUT2D eigenvalue weighted by atomic mass is 10.1. The van der Waals surface area contributed by atoms with Crippen LogP contribution in [0.5, 0.6) is 0 Å². The quantitative estimate of drug-likeness (QED) is 0.333. The second-order valence-electron chi connectivity index (χ2n) is 7.04. The Balaban J connectivity index is 0.000000248. The largest absolute Gasteiger partial charge is 0.744 e. The number of allylic oxidation sites excluding steroid dienone is 1. The maximum Gasteiger partial charge on any atom is 0.377 e. The Morgan fingerprint density at radius 2 is 1.70 bits per heavy atom. The standard InChI is InChI=1S/C16H22NO2.C7H8O3S/c1-6-17-14-8-11(3)12(4)9-15(14)19-16(17)10-13(5)18-7-2;1-6-2-4-7(5-3-6)11(8,9)10/h8-10H,6-7H2,1-5H3;2-5H,1H3,(H,8,9,10)/q+1;/p-1. The van der Waals surface area contributed by atoms with Gasteiger partial charge < -0.3 is 13.7 Å². The van der Waals surface area contributed by atoms with E-state index in [1.54, 1.807) is 12.1 Å². The molecule has 0 aliphatic rings. The maximum absolute atomic E-state index is 10.4. The van der Waals surface area contributed by atoms with Crippen LogP contribution in [-0.4, -0.2) is 19.6 Å². The lowest BCUT2D eigenvalue weighted by molar-refractivity contribution is -0.674. The van der Waals surface area contributed by atoms with Crippen LogP contribution in [0.15, 0.2) is 51.5 Å². The Morgan fingerprint density at radius 1 is 1.10 bits per heavy atom. The Labute approximate surface area is 178 Å². The highest BCUT2D eigenvalue weighted by molar-refractivity contribution is 7.85. The molecule has 30 heavy (non-hydrogen) atoms. The molecule has 0 amide bonds. The van der Waals surface area contributed by atoms with E-state index in [-0.39, 0.29) is 4.90 Å². The zero-order valence-electron chi connectivity index (χ0n) is 18.4. The van der Waals surface area contributed by atoms with Crippen LogP contribution < -0.4 is 4.57 Å². The molecule has 162 valence electrons. The number of oxazole rings is 1. The van der Waals surface area contributed by atoms with E-state index in [1.165, 1.54) is 23.3 Å². The molecular weight excluding hydrogens is 402 g/mol. The van der Waals surface area contributed by atoms with E-state index in [4.69, 9.17) is 9.15 Å². The average molecular weight is 432 g/mol. The number of hydrogen-bond acceptors (Lipinski definition) is 5. The number of hydrogen-bond donors (Lipinski definition) is 0. The summed E-state index contributed by atoms with van der Waals surface area (Å²) in [5.41, 5.74) is 5.54. The Bertz CT molecular complexity index is 1140. The average Bonchev–Trinajstić information content (AvgIpc) is 2.98. The molecule has 0 aliphatic heterocycles. The zero-order chi connectivity index (χ0) is 22.5. The molecule has 0 saturated heterocycles. The van der Waals surface area contributed by atoms with Crippen molar-refractivity contribution in [3.05, 3.63) is 64.7 Å². The highest BCUT2D eigenvalue weighted by Gasteiger charge is 2.20.